The summed E-state index contributed by atoms with van der Waals surface area (Å²) in [5.74, 6) is 0. The highest BCUT2D eigenvalue weighted by molar-refractivity contribution is 6.29. The SMILES string of the molecule is c1ccc(-c2ccc3c(c2)c2cc4c5ccccc5c5cc(-c6ccc7c(c6)oc6ccccc67)ccc5c4cc2n3-c2cc(-c3cccc4ccccc34)nc(-c3cccc4ccccc34)c2)cc1. The number of para-hydroxylation sites is 1. The maximum atomic E-state index is 6.37. The highest BCUT2D eigenvalue weighted by atomic mass is 16.3. The van der Waals surface area contributed by atoms with Crippen LogP contribution in [0.5, 0.6) is 0 Å². The van der Waals surface area contributed by atoms with Gasteiger partial charge in [-0.2, -0.15) is 0 Å². The Morgan fingerprint density at radius 2 is 0.757 bits per heavy atom. The largest absolute Gasteiger partial charge is 0.456 e. The molecule has 0 aliphatic carbocycles. The van der Waals surface area contributed by atoms with Crippen molar-refractivity contribution < 1.29 is 4.42 Å². The number of pyridine rings is 1. The van der Waals surface area contributed by atoms with Gasteiger partial charge in [0.1, 0.15) is 11.2 Å². The molecule has 0 saturated heterocycles. The van der Waals surface area contributed by atoms with Crippen molar-refractivity contribution in [2.75, 3.05) is 0 Å². The highest BCUT2D eigenvalue weighted by Gasteiger charge is 2.21. The van der Waals surface area contributed by atoms with Gasteiger partial charge in [0.25, 0.3) is 0 Å². The minimum Gasteiger partial charge on any atom is -0.456 e. The van der Waals surface area contributed by atoms with Crippen molar-refractivity contribution in [2.45, 2.75) is 0 Å². The molecule has 324 valence electrons. The lowest BCUT2D eigenvalue weighted by Gasteiger charge is -2.16. The summed E-state index contributed by atoms with van der Waals surface area (Å²) in [4.78, 5) is 5.56. The Hall–Kier alpha value is -9.31. The Kier molecular flexibility index (Phi) is 8.36. The van der Waals surface area contributed by atoms with Crippen LogP contribution in [0.25, 0.3) is 148 Å². The third kappa shape index (κ3) is 5.92. The van der Waals surface area contributed by atoms with Gasteiger partial charge in [0, 0.05) is 32.7 Å². The van der Waals surface area contributed by atoms with Gasteiger partial charge in [-0.15, -0.1) is 0 Å². The van der Waals surface area contributed by atoms with E-state index in [0.717, 1.165) is 72.3 Å². The number of benzene rings is 12. The summed E-state index contributed by atoms with van der Waals surface area (Å²) in [6.45, 7) is 0. The third-order valence-electron chi connectivity index (χ3n) is 14.7. The predicted molar refractivity (Wildman–Crippen MR) is 295 cm³/mol. The first-order valence-electron chi connectivity index (χ1n) is 24.0. The van der Waals surface area contributed by atoms with Gasteiger partial charge in [0.2, 0.25) is 0 Å². The molecule has 3 heterocycles. The van der Waals surface area contributed by atoms with Crippen molar-refractivity contribution in [1.82, 2.24) is 9.55 Å². The molecular weight excluding hydrogens is 849 g/mol. The normalized spacial score (nSPS) is 12.0. The zero-order valence-electron chi connectivity index (χ0n) is 37.9. The third-order valence-corrected chi connectivity index (χ3v) is 14.7. The quantitative estimate of drug-likeness (QED) is 0.161. The van der Waals surface area contributed by atoms with Crippen LogP contribution in [0, 0.1) is 0 Å². The standard InChI is InChI=1S/C67H40N2O/c1-2-14-41(15-3-1)44-30-33-64-60(35-44)61-39-58-51-23-9-8-22-50(51)57-34-45(46-29-32-56-55-24-10-11-27-66(55)70-67(56)36-46)28-31-52(57)59(58)40-65(61)69(64)47-37-62(53-25-12-18-42-16-4-6-20-48(42)53)68-63(38-47)54-26-13-19-43-17-5-7-21-49(43)54/h1-40H. The van der Waals surface area contributed by atoms with Gasteiger partial charge in [-0.05, 0) is 137 Å². The number of fused-ring (bicyclic) bond motifs is 14. The lowest BCUT2D eigenvalue weighted by molar-refractivity contribution is 0.669. The lowest BCUT2D eigenvalue weighted by Crippen LogP contribution is -1.99. The van der Waals surface area contributed by atoms with E-state index in [0.29, 0.717) is 0 Å². The van der Waals surface area contributed by atoms with Crippen molar-refractivity contribution in [2.24, 2.45) is 0 Å². The molecule has 15 aromatic rings. The van der Waals surface area contributed by atoms with Crippen LogP contribution in [0.2, 0.25) is 0 Å². The monoisotopic (exact) mass is 888 g/mol. The van der Waals surface area contributed by atoms with Crippen molar-refractivity contribution in [3.05, 3.63) is 243 Å². The average molecular weight is 889 g/mol. The summed E-state index contributed by atoms with van der Waals surface area (Å²) < 4.78 is 8.86. The number of rotatable bonds is 5. The van der Waals surface area contributed by atoms with Gasteiger partial charge in [0.05, 0.1) is 28.1 Å². The van der Waals surface area contributed by atoms with Crippen molar-refractivity contribution >= 4 is 97.6 Å². The van der Waals surface area contributed by atoms with Gasteiger partial charge < -0.3 is 8.98 Å². The van der Waals surface area contributed by atoms with E-state index in [1.165, 1.54) is 75.8 Å². The number of furan rings is 1. The fraction of sp³-hybridized carbons (Fsp3) is 0. The fourth-order valence-corrected chi connectivity index (χ4v) is 11.5. The molecule has 0 radical (unpaired) electrons. The van der Waals surface area contributed by atoms with Crippen LogP contribution in [0.1, 0.15) is 0 Å². The summed E-state index contributed by atoms with van der Waals surface area (Å²) in [7, 11) is 0. The Balaban J connectivity index is 1.03. The van der Waals surface area contributed by atoms with Crippen LogP contribution in [-0.2, 0) is 0 Å². The molecule has 0 spiro atoms. The maximum Gasteiger partial charge on any atom is 0.136 e. The first kappa shape index (κ1) is 38.8. The Morgan fingerprint density at radius 1 is 0.271 bits per heavy atom. The molecule has 0 fully saturated rings. The van der Waals surface area contributed by atoms with E-state index in [2.05, 4.69) is 235 Å². The Morgan fingerprint density at radius 3 is 1.47 bits per heavy atom. The smallest absolute Gasteiger partial charge is 0.136 e. The fourth-order valence-electron chi connectivity index (χ4n) is 11.5. The molecule has 0 saturated carbocycles. The number of nitrogens with zero attached hydrogens (tertiary/aromatic N) is 2. The molecule has 0 N–H and O–H groups in total. The molecule has 3 heteroatoms. The minimum absolute atomic E-state index is 0.899. The maximum absolute atomic E-state index is 6.37. The molecule has 0 aliphatic rings. The molecule has 70 heavy (non-hydrogen) atoms. The van der Waals surface area contributed by atoms with Crippen LogP contribution in [-0.4, -0.2) is 9.55 Å². The molecule has 0 unspecified atom stereocenters. The topological polar surface area (TPSA) is 31.0 Å². The van der Waals surface area contributed by atoms with E-state index in [9.17, 15) is 0 Å². The molecule has 3 nitrogen and oxygen atoms in total. The molecule has 0 atom stereocenters. The second-order valence-corrected chi connectivity index (χ2v) is 18.6. The first-order chi connectivity index (χ1) is 34.7. The number of aromatic nitrogens is 2. The van der Waals surface area contributed by atoms with Crippen LogP contribution in [0.15, 0.2) is 247 Å². The molecule has 0 aliphatic heterocycles. The van der Waals surface area contributed by atoms with Crippen LogP contribution in [0.3, 0.4) is 0 Å². The van der Waals surface area contributed by atoms with E-state index < -0.39 is 0 Å². The first-order valence-corrected chi connectivity index (χ1v) is 24.0. The van der Waals surface area contributed by atoms with E-state index in [1.807, 2.05) is 12.1 Å². The molecule has 3 aromatic heterocycles. The van der Waals surface area contributed by atoms with E-state index in [-0.39, 0.29) is 0 Å². The van der Waals surface area contributed by atoms with Crippen LogP contribution < -0.4 is 0 Å². The van der Waals surface area contributed by atoms with E-state index >= 15 is 0 Å². The minimum atomic E-state index is 0.899. The molecule has 12 aromatic carbocycles. The molecular formula is C67H40N2O. The second kappa shape index (κ2) is 15.1. The van der Waals surface area contributed by atoms with Crippen molar-refractivity contribution in [3.63, 3.8) is 0 Å². The van der Waals surface area contributed by atoms with E-state index in [4.69, 9.17) is 9.40 Å². The molecule has 15 rings (SSSR count). The van der Waals surface area contributed by atoms with Gasteiger partial charge in [-0.3, -0.25) is 0 Å². The Labute approximate surface area is 402 Å². The predicted octanol–water partition coefficient (Wildman–Crippen LogP) is 18.5. The summed E-state index contributed by atoms with van der Waals surface area (Å²) >= 11 is 0. The summed E-state index contributed by atoms with van der Waals surface area (Å²) in [5, 5.41) is 16.8. The highest BCUT2D eigenvalue weighted by Crippen LogP contribution is 2.44. The van der Waals surface area contributed by atoms with Gasteiger partial charge in [-0.25, -0.2) is 4.98 Å². The van der Waals surface area contributed by atoms with Gasteiger partial charge in [-0.1, -0.05) is 182 Å². The van der Waals surface area contributed by atoms with Crippen molar-refractivity contribution in [1.29, 1.82) is 0 Å². The van der Waals surface area contributed by atoms with E-state index in [1.54, 1.807) is 0 Å². The van der Waals surface area contributed by atoms with Gasteiger partial charge in [0.15, 0.2) is 0 Å². The summed E-state index contributed by atoms with van der Waals surface area (Å²) in [6.07, 6.45) is 0. The number of hydrogen-bond acceptors (Lipinski definition) is 2. The van der Waals surface area contributed by atoms with Crippen LogP contribution in [0.4, 0.5) is 0 Å². The Bertz CT molecular complexity index is 4540. The molecule has 0 amide bonds. The second-order valence-electron chi connectivity index (χ2n) is 18.6. The van der Waals surface area contributed by atoms with Crippen molar-refractivity contribution in [3.8, 4) is 50.5 Å². The van der Waals surface area contributed by atoms with Gasteiger partial charge >= 0.3 is 0 Å². The zero-order chi connectivity index (χ0) is 45.9. The zero-order valence-corrected chi connectivity index (χ0v) is 37.9. The summed E-state index contributed by atoms with van der Waals surface area (Å²) in [6, 6.07) is 88.4. The number of hydrogen-bond donors (Lipinski definition) is 0. The summed E-state index contributed by atoms with van der Waals surface area (Å²) in [5.41, 5.74) is 13.9. The lowest BCUT2D eigenvalue weighted by atomic mass is 9.91. The average Bonchev–Trinajstić information content (AvgIpc) is 3.97. The molecule has 0 bridgehead atoms. The van der Waals surface area contributed by atoms with Crippen LogP contribution >= 0.6 is 0 Å².